The van der Waals surface area contributed by atoms with Crippen LogP contribution in [0, 0.1) is 0 Å². The summed E-state index contributed by atoms with van der Waals surface area (Å²) in [7, 11) is 0. The minimum Gasteiger partial charge on any atom is -0.329 e. The van der Waals surface area contributed by atoms with Gasteiger partial charge in [-0.2, -0.15) is 0 Å². The largest absolute Gasteiger partial charge is 0.329 e. The smallest absolute Gasteiger partial charge is 0.0544 e. The summed E-state index contributed by atoms with van der Waals surface area (Å²) in [6.07, 6.45) is 1.82. The highest BCUT2D eigenvalue weighted by atomic mass is 35.5. The van der Waals surface area contributed by atoms with Crippen molar-refractivity contribution in [3.63, 3.8) is 0 Å². The van der Waals surface area contributed by atoms with Gasteiger partial charge >= 0.3 is 0 Å². The van der Waals surface area contributed by atoms with Gasteiger partial charge in [0, 0.05) is 30.4 Å². The zero-order valence-electron chi connectivity index (χ0n) is 11.7. The highest BCUT2D eigenvalue weighted by Crippen LogP contribution is 2.22. The number of rotatable bonds is 6. The minimum atomic E-state index is 0.180. The third-order valence-corrected chi connectivity index (χ3v) is 3.67. The molecule has 1 unspecified atom stereocenters. The van der Waals surface area contributed by atoms with E-state index in [1.54, 1.807) is 0 Å². The van der Waals surface area contributed by atoms with Crippen LogP contribution in [-0.4, -0.2) is 23.0 Å². The third-order valence-electron chi connectivity index (χ3n) is 3.42. The SMILES string of the molecule is CCN(Cc1ccccn1)C(CN)c1ccc(Cl)cc1. The zero-order chi connectivity index (χ0) is 14.4. The second-order valence-corrected chi connectivity index (χ2v) is 5.12. The lowest BCUT2D eigenvalue weighted by atomic mass is 10.1. The number of hydrogen-bond acceptors (Lipinski definition) is 3. The molecule has 1 heterocycles. The van der Waals surface area contributed by atoms with E-state index in [0.717, 1.165) is 23.8 Å². The molecule has 0 aliphatic rings. The molecule has 4 heteroatoms. The number of likely N-dealkylation sites (N-methyl/N-ethyl adjacent to an activating group) is 1. The Kier molecular flexibility index (Phi) is 5.53. The lowest BCUT2D eigenvalue weighted by molar-refractivity contribution is 0.201. The van der Waals surface area contributed by atoms with E-state index in [4.69, 9.17) is 17.3 Å². The van der Waals surface area contributed by atoms with Crippen molar-refractivity contribution in [3.8, 4) is 0 Å². The number of nitrogens with zero attached hydrogens (tertiary/aromatic N) is 2. The summed E-state index contributed by atoms with van der Waals surface area (Å²) < 4.78 is 0. The van der Waals surface area contributed by atoms with E-state index < -0.39 is 0 Å². The molecule has 0 radical (unpaired) electrons. The Labute approximate surface area is 125 Å². The number of halogens is 1. The van der Waals surface area contributed by atoms with Crippen LogP contribution in [0.5, 0.6) is 0 Å². The van der Waals surface area contributed by atoms with Crippen molar-refractivity contribution < 1.29 is 0 Å². The monoisotopic (exact) mass is 289 g/mol. The van der Waals surface area contributed by atoms with Gasteiger partial charge in [-0.05, 0) is 36.4 Å². The number of hydrogen-bond donors (Lipinski definition) is 1. The second kappa shape index (κ2) is 7.39. The first-order valence-electron chi connectivity index (χ1n) is 6.84. The molecule has 1 aromatic carbocycles. The maximum Gasteiger partial charge on any atom is 0.0544 e. The van der Waals surface area contributed by atoms with Crippen LogP contribution in [0.2, 0.25) is 5.02 Å². The van der Waals surface area contributed by atoms with E-state index in [9.17, 15) is 0 Å². The first kappa shape index (κ1) is 15.0. The summed E-state index contributed by atoms with van der Waals surface area (Å²) in [5, 5.41) is 0.747. The molecule has 0 spiro atoms. The normalized spacial score (nSPS) is 12.6. The van der Waals surface area contributed by atoms with Crippen LogP contribution in [0.3, 0.4) is 0 Å². The van der Waals surface area contributed by atoms with E-state index in [2.05, 4.69) is 16.8 Å². The van der Waals surface area contributed by atoms with Gasteiger partial charge in [-0.15, -0.1) is 0 Å². The van der Waals surface area contributed by atoms with Gasteiger partial charge in [0.15, 0.2) is 0 Å². The molecule has 1 aromatic heterocycles. The summed E-state index contributed by atoms with van der Waals surface area (Å²) in [5.41, 5.74) is 8.22. The average Bonchev–Trinajstić information content (AvgIpc) is 2.49. The van der Waals surface area contributed by atoms with Gasteiger partial charge in [-0.1, -0.05) is 36.7 Å². The molecule has 0 aliphatic carbocycles. The molecule has 0 bridgehead atoms. The van der Waals surface area contributed by atoms with E-state index >= 15 is 0 Å². The van der Waals surface area contributed by atoms with Crippen LogP contribution >= 0.6 is 11.6 Å². The fourth-order valence-electron chi connectivity index (χ4n) is 2.32. The van der Waals surface area contributed by atoms with Gasteiger partial charge in [0.25, 0.3) is 0 Å². The average molecular weight is 290 g/mol. The van der Waals surface area contributed by atoms with Crippen LogP contribution in [0.15, 0.2) is 48.7 Å². The summed E-state index contributed by atoms with van der Waals surface area (Å²) in [6.45, 7) is 4.42. The Balaban J connectivity index is 2.17. The molecule has 1 atom stereocenters. The van der Waals surface area contributed by atoms with E-state index in [1.807, 2.05) is 48.7 Å². The fraction of sp³-hybridized carbons (Fsp3) is 0.312. The van der Waals surface area contributed by atoms with Crippen LogP contribution < -0.4 is 5.73 Å². The van der Waals surface area contributed by atoms with E-state index in [1.165, 1.54) is 5.56 Å². The fourth-order valence-corrected chi connectivity index (χ4v) is 2.45. The minimum absolute atomic E-state index is 0.180. The molecule has 0 aliphatic heterocycles. The highest BCUT2D eigenvalue weighted by Gasteiger charge is 2.18. The van der Waals surface area contributed by atoms with Crippen molar-refractivity contribution in [2.24, 2.45) is 5.73 Å². The van der Waals surface area contributed by atoms with Crippen molar-refractivity contribution in [1.82, 2.24) is 9.88 Å². The molecule has 3 nitrogen and oxygen atoms in total. The second-order valence-electron chi connectivity index (χ2n) is 4.69. The molecule has 2 rings (SSSR count). The molecule has 106 valence electrons. The Morgan fingerprint density at radius 1 is 1.20 bits per heavy atom. The highest BCUT2D eigenvalue weighted by molar-refractivity contribution is 6.30. The first-order valence-corrected chi connectivity index (χ1v) is 7.22. The van der Waals surface area contributed by atoms with E-state index in [0.29, 0.717) is 6.54 Å². The van der Waals surface area contributed by atoms with Crippen LogP contribution in [0.1, 0.15) is 24.2 Å². The topological polar surface area (TPSA) is 42.2 Å². The standard InChI is InChI=1S/C16H20ClN3/c1-2-20(12-15-5-3-4-10-19-15)16(11-18)13-6-8-14(17)9-7-13/h3-10,16H,2,11-12,18H2,1H3. The summed E-state index contributed by atoms with van der Waals surface area (Å²) in [6, 6.07) is 14.1. The zero-order valence-corrected chi connectivity index (χ0v) is 12.4. The summed E-state index contributed by atoms with van der Waals surface area (Å²) in [5.74, 6) is 0. The molecule has 0 saturated heterocycles. The number of benzene rings is 1. The lowest BCUT2D eigenvalue weighted by Gasteiger charge is -2.30. The van der Waals surface area contributed by atoms with Crippen molar-refractivity contribution in [3.05, 3.63) is 64.9 Å². The Bertz CT molecular complexity index is 513. The third kappa shape index (κ3) is 3.79. The first-order chi connectivity index (χ1) is 9.74. The molecule has 20 heavy (non-hydrogen) atoms. The molecule has 0 fully saturated rings. The van der Waals surface area contributed by atoms with Crippen LogP contribution in [0.25, 0.3) is 0 Å². The summed E-state index contributed by atoms with van der Waals surface area (Å²) in [4.78, 5) is 6.71. The molecule has 0 saturated carbocycles. The van der Waals surface area contributed by atoms with Crippen LogP contribution in [0.4, 0.5) is 0 Å². The number of aromatic nitrogens is 1. The van der Waals surface area contributed by atoms with Gasteiger partial charge in [0.1, 0.15) is 0 Å². The molecule has 2 N–H and O–H groups in total. The molecule has 0 amide bonds. The Morgan fingerprint density at radius 2 is 1.95 bits per heavy atom. The van der Waals surface area contributed by atoms with Gasteiger partial charge in [-0.3, -0.25) is 9.88 Å². The maximum atomic E-state index is 5.98. The van der Waals surface area contributed by atoms with Gasteiger partial charge < -0.3 is 5.73 Å². The Hall–Kier alpha value is -1.42. The summed E-state index contributed by atoms with van der Waals surface area (Å²) >= 11 is 5.95. The number of pyridine rings is 1. The predicted molar refractivity (Wildman–Crippen MR) is 83.6 cm³/mol. The van der Waals surface area contributed by atoms with Gasteiger partial charge in [0.2, 0.25) is 0 Å². The number of nitrogens with two attached hydrogens (primary N) is 1. The van der Waals surface area contributed by atoms with Crippen molar-refractivity contribution in [2.45, 2.75) is 19.5 Å². The van der Waals surface area contributed by atoms with E-state index in [-0.39, 0.29) is 6.04 Å². The van der Waals surface area contributed by atoms with Gasteiger partial charge in [-0.25, -0.2) is 0 Å². The Morgan fingerprint density at radius 3 is 2.50 bits per heavy atom. The molecule has 2 aromatic rings. The van der Waals surface area contributed by atoms with Crippen molar-refractivity contribution >= 4 is 11.6 Å². The lowest BCUT2D eigenvalue weighted by Crippen LogP contribution is -2.33. The molecular weight excluding hydrogens is 270 g/mol. The van der Waals surface area contributed by atoms with Crippen molar-refractivity contribution in [2.75, 3.05) is 13.1 Å². The molecular formula is C16H20ClN3. The van der Waals surface area contributed by atoms with Crippen LogP contribution in [-0.2, 0) is 6.54 Å². The van der Waals surface area contributed by atoms with Crippen molar-refractivity contribution in [1.29, 1.82) is 0 Å². The quantitative estimate of drug-likeness (QED) is 0.887. The maximum absolute atomic E-state index is 5.98. The predicted octanol–water partition coefficient (Wildman–Crippen LogP) is 3.26. The van der Waals surface area contributed by atoms with Gasteiger partial charge in [0.05, 0.1) is 5.69 Å².